The second-order valence-corrected chi connectivity index (χ2v) is 21.5. The standard InChI is InChI=1S/C63H123NO3/c1-3-5-7-9-11-13-15-17-19-21-22-23-24-25-26-27-28-29-30-31-32-33-34-35-36-37-38-39-40-41-42-43-45-47-49-51-53-55-57-59-63(67)64-61(60-65)62(66)58-56-54-52-50-48-46-44-20-18-16-14-12-10-8-6-4-2/h48,50,56,58,61-62,65-66H,3-47,49,51-55,57,59-60H2,1-2H3,(H,64,67)/b50-48+,58-56+. The van der Waals surface area contributed by atoms with Crippen LogP contribution in [0.25, 0.3) is 0 Å². The average molecular weight is 943 g/mol. The van der Waals surface area contributed by atoms with Crippen molar-refractivity contribution in [3.05, 3.63) is 24.3 Å². The van der Waals surface area contributed by atoms with Crippen LogP contribution in [0, 0.1) is 0 Å². The van der Waals surface area contributed by atoms with Gasteiger partial charge >= 0.3 is 0 Å². The Morgan fingerprint density at radius 2 is 0.582 bits per heavy atom. The van der Waals surface area contributed by atoms with E-state index in [9.17, 15) is 15.0 Å². The van der Waals surface area contributed by atoms with Gasteiger partial charge in [0, 0.05) is 6.42 Å². The van der Waals surface area contributed by atoms with Crippen molar-refractivity contribution in [2.45, 2.75) is 366 Å². The molecule has 0 fully saturated rings. The summed E-state index contributed by atoms with van der Waals surface area (Å²) in [6.45, 7) is 4.33. The van der Waals surface area contributed by atoms with Crippen molar-refractivity contribution in [3.8, 4) is 0 Å². The molecule has 1 amide bonds. The van der Waals surface area contributed by atoms with Gasteiger partial charge in [-0.2, -0.15) is 0 Å². The quantitative estimate of drug-likeness (QED) is 0.0420. The smallest absolute Gasteiger partial charge is 0.220 e. The zero-order valence-corrected chi connectivity index (χ0v) is 46.0. The first-order valence-corrected chi connectivity index (χ1v) is 31.1. The highest BCUT2D eigenvalue weighted by atomic mass is 16.3. The summed E-state index contributed by atoms with van der Waals surface area (Å²) in [6.07, 6.45) is 79.6. The minimum atomic E-state index is -0.859. The third-order valence-corrected chi connectivity index (χ3v) is 14.7. The van der Waals surface area contributed by atoms with Gasteiger partial charge in [0.15, 0.2) is 0 Å². The third-order valence-electron chi connectivity index (χ3n) is 14.7. The van der Waals surface area contributed by atoms with Gasteiger partial charge in [0.25, 0.3) is 0 Å². The first kappa shape index (κ1) is 65.9. The van der Waals surface area contributed by atoms with Gasteiger partial charge in [-0.05, 0) is 32.1 Å². The maximum atomic E-state index is 12.5. The van der Waals surface area contributed by atoms with Crippen molar-refractivity contribution in [2.75, 3.05) is 6.61 Å². The number of nitrogens with one attached hydrogen (secondary N) is 1. The van der Waals surface area contributed by atoms with Gasteiger partial charge in [-0.1, -0.05) is 340 Å². The number of carbonyl (C=O) groups is 1. The molecule has 0 aliphatic rings. The molecule has 0 rings (SSSR count). The molecule has 0 saturated carbocycles. The number of allylic oxidation sites excluding steroid dienone is 3. The molecule has 0 saturated heterocycles. The van der Waals surface area contributed by atoms with E-state index in [2.05, 4.69) is 31.3 Å². The molecule has 3 N–H and O–H groups in total. The Bertz CT molecular complexity index is 978. The van der Waals surface area contributed by atoms with E-state index in [4.69, 9.17) is 0 Å². The van der Waals surface area contributed by atoms with E-state index in [-0.39, 0.29) is 12.5 Å². The van der Waals surface area contributed by atoms with Crippen molar-refractivity contribution in [2.24, 2.45) is 0 Å². The molecule has 4 heteroatoms. The third kappa shape index (κ3) is 55.7. The second kappa shape index (κ2) is 59.2. The average Bonchev–Trinajstić information content (AvgIpc) is 3.33. The van der Waals surface area contributed by atoms with E-state index in [1.165, 1.54) is 302 Å². The maximum Gasteiger partial charge on any atom is 0.220 e. The van der Waals surface area contributed by atoms with E-state index in [1.54, 1.807) is 6.08 Å². The van der Waals surface area contributed by atoms with Crippen LogP contribution in [0.15, 0.2) is 24.3 Å². The molecule has 67 heavy (non-hydrogen) atoms. The van der Waals surface area contributed by atoms with Gasteiger partial charge < -0.3 is 15.5 Å². The summed E-state index contributed by atoms with van der Waals surface area (Å²) in [5.41, 5.74) is 0. The minimum absolute atomic E-state index is 0.0667. The summed E-state index contributed by atoms with van der Waals surface area (Å²) in [5, 5.41) is 23.1. The molecule has 0 radical (unpaired) electrons. The van der Waals surface area contributed by atoms with Gasteiger partial charge in [-0.3, -0.25) is 4.79 Å². The zero-order valence-electron chi connectivity index (χ0n) is 46.0. The lowest BCUT2D eigenvalue weighted by Gasteiger charge is -2.19. The topological polar surface area (TPSA) is 69.6 Å². The molecular formula is C63H123NO3. The van der Waals surface area contributed by atoms with Crippen molar-refractivity contribution in [1.82, 2.24) is 5.32 Å². The largest absolute Gasteiger partial charge is 0.394 e. The minimum Gasteiger partial charge on any atom is -0.394 e. The number of rotatable bonds is 58. The monoisotopic (exact) mass is 942 g/mol. The Kier molecular flexibility index (Phi) is 58.2. The Morgan fingerprint density at radius 3 is 0.866 bits per heavy atom. The maximum absolute atomic E-state index is 12.5. The molecule has 2 atom stereocenters. The van der Waals surface area contributed by atoms with Gasteiger partial charge in [0.1, 0.15) is 0 Å². The molecule has 4 nitrogen and oxygen atoms in total. The molecule has 0 heterocycles. The van der Waals surface area contributed by atoms with Crippen molar-refractivity contribution < 1.29 is 15.0 Å². The lowest BCUT2D eigenvalue weighted by Crippen LogP contribution is -2.45. The number of amides is 1. The van der Waals surface area contributed by atoms with Crippen LogP contribution in [0.5, 0.6) is 0 Å². The fraction of sp³-hybridized carbons (Fsp3) is 0.921. The molecular weight excluding hydrogens is 819 g/mol. The Hall–Kier alpha value is -1.13. The molecule has 0 aromatic rings. The second-order valence-electron chi connectivity index (χ2n) is 21.5. The zero-order chi connectivity index (χ0) is 48.5. The van der Waals surface area contributed by atoms with Gasteiger partial charge in [-0.15, -0.1) is 0 Å². The van der Waals surface area contributed by atoms with E-state index in [0.29, 0.717) is 6.42 Å². The van der Waals surface area contributed by atoms with Gasteiger partial charge in [0.05, 0.1) is 18.8 Å². The summed E-state index contributed by atoms with van der Waals surface area (Å²) in [4.78, 5) is 12.5. The van der Waals surface area contributed by atoms with Crippen LogP contribution in [0.3, 0.4) is 0 Å². The lowest BCUT2D eigenvalue weighted by atomic mass is 10.0. The van der Waals surface area contributed by atoms with E-state index < -0.39 is 12.1 Å². The first-order chi connectivity index (χ1) is 33.2. The summed E-state index contributed by atoms with van der Waals surface area (Å²) >= 11 is 0. The normalized spacial score (nSPS) is 12.8. The SMILES string of the molecule is CCCCCCCCCCCC/C=C/CC/C=C/C(O)C(CO)NC(=O)CCCCCCCCCCCCCCCCCCCCCCCCCCCCCCCCCCCCCCCCC. The van der Waals surface area contributed by atoms with Crippen LogP contribution in [0.1, 0.15) is 354 Å². The predicted octanol–water partition coefficient (Wildman–Crippen LogP) is 20.7. The van der Waals surface area contributed by atoms with Crippen LogP contribution in [0.2, 0.25) is 0 Å². The number of aliphatic hydroxyl groups excluding tert-OH is 2. The molecule has 398 valence electrons. The van der Waals surface area contributed by atoms with Crippen LogP contribution in [-0.2, 0) is 4.79 Å². The molecule has 2 unspecified atom stereocenters. The van der Waals surface area contributed by atoms with Crippen LogP contribution >= 0.6 is 0 Å². The number of aliphatic hydroxyl groups is 2. The van der Waals surface area contributed by atoms with E-state index in [1.807, 2.05) is 6.08 Å². The summed E-state index contributed by atoms with van der Waals surface area (Å²) < 4.78 is 0. The molecule has 0 aliphatic heterocycles. The molecule has 0 aromatic heterocycles. The first-order valence-electron chi connectivity index (χ1n) is 31.1. The van der Waals surface area contributed by atoms with Crippen LogP contribution in [0.4, 0.5) is 0 Å². The van der Waals surface area contributed by atoms with Gasteiger partial charge in [-0.25, -0.2) is 0 Å². The Morgan fingerprint density at radius 1 is 0.343 bits per heavy atom. The highest BCUT2D eigenvalue weighted by Gasteiger charge is 2.18. The number of carbonyl (C=O) groups excluding carboxylic acids is 1. The van der Waals surface area contributed by atoms with Crippen molar-refractivity contribution in [1.29, 1.82) is 0 Å². The number of hydrogen-bond donors (Lipinski definition) is 3. The molecule has 0 aliphatic carbocycles. The van der Waals surface area contributed by atoms with Crippen molar-refractivity contribution in [3.63, 3.8) is 0 Å². The van der Waals surface area contributed by atoms with Gasteiger partial charge in [0.2, 0.25) is 5.91 Å². The molecule has 0 bridgehead atoms. The molecule has 0 aromatic carbocycles. The predicted molar refractivity (Wildman–Crippen MR) is 299 cm³/mol. The summed E-state index contributed by atoms with van der Waals surface area (Å²) in [7, 11) is 0. The highest BCUT2D eigenvalue weighted by Crippen LogP contribution is 2.18. The van der Waals surface area contributed by atoms with Crippen LogP contribution < -0.4 is 5.32 Å². The van der Waals surface area contributed by atoms with E-state index >= 15 is 0 Å². The lowest BCUT2D eigenvalue weighted by molar-refractivity contribution is -0.123. The fourth-order valence-corrected chi connectivity index (χ4v) is 9.97. The van der Waals surface area contributed by atoms with E-state index in [0.717, 1.165) is 32.1 Å². The molecule has 0 spiro atoms. The summed E-state index contributed by atoms with van der Waals surface area (Å²) in [6, 6.07) is -0.636. The van der Waals surface area contributed by atoms with Crippen LogP contribution in [-0.4, -0.2) is 34.9 Å². The summed E-state index contributed by atoms with van der Waals surface area (Å²) in [5.74, 6) is -0.0667. The Labute approximate surface area is 421 Å². The van der Waals surface area contributed by atoms with Crippen molar-refractivity contribution >= 4 is 5.91 Å². The Balaban J connectivity index is 3.37. The number of unbranched alkanes of at least 4 members (excludes halogenated alkanes) is 49. The number of hydrogen-bond acceptors (Lipinski definition) is 3. The fourth-order valence-electron chi connectivity index (χ4n) is 9.97. The highest BCUT2D eigenvalue weighted by molar-refractivity contribution is 5.76.